The number of hydrogen-bond acceptors (Lipinski definition) is 6. The molecule has 0 saturated carbocycles. The predicted molar refractivity (Wildman–Crippen MR) is 132 cm³/mol. The number of carbonyl (C=O) groups is 2. The van der Waals surface area contributed by atoms with E-state index in [1.54, 1.807) is 48.2 Å². The predicted octanol–water partition coefficient (Wildman–Crippen LogP) is 2.99. The number of ether oxygens (including phenoxy) is 2. The third-order valence-electron chi connectivity index (χ3n) is 7.08. The molecule has 0 spiro atoms. The number of carbonyl (C=O) groups excluding carboxylic acids is 2. The van der Waals surface area contributed by atoms with Crippen LogP contribution in [0.1, 0.15) is 37.0 Å². The quantitative estimate of drug-likeness (QED) is 0.657. The Kier molecular flexibility index (Phi) is 8.21. The second kappa shape index (κ2) is 11.3. The smallest absolute Gasteiger partial charge is 0.259 e. The van der Waals surface area contributed by atoms with Crippen LogP contribution in [0.4, 0.5) is 4.39 Å². The Morgan fingerprint density at radius 2 is 2.03 bits per heavy atom. The molecule has 1 N–H and O–H groups in total. The summed E-state index contributed by atoms with van der Waals surface area (Å²) in [7, 11) is 1.77. The van der Waals surface area contributed by atoms with Crippen LogP contribution in [-0.4, -0.2) is 83.8 Å². The van der Waals surface area contributed by atoms with Crippen molar-refractivity contribution in [3.8, 4) is 17.0 Å². The Labute approximate surface area is 211 Å². The normalized spacial score (nSPS) is 21.7. The number of aliphatic hydroxyl groups is 1. The summed E-state index contributed by atoms with van der Waals surface area (Å²) >= 11 is 0. The highest BCUT2D eigenvalue weighted by molar-refractivity contribution is 5.98. The minimum absolute atomic E-state index is 0.0578. The minimum Gasteiger partial charge on any atom is -0.472 e. The van der Waals surface area contributed by atoms with Crippen LogP contribution in [0.5, 0.6) is 5.88 Å². The van der Waals surface area contributed by atoms with Crippen molar-refractivity contribution in [1.82, 2.24) is 14.8 Å². The molecule has 4 rings (SSSR count). The molecule has 1 aromatic heterocycles. The number of amides is 2. The van der Waals surface area contributed by atoms with Gasteiger partial charge in [-0.25, -0.2) is 9.37 Å². The number of pyridine rings is 1. The maximum Gasteiger partial charge on any atom is 0.259 e. The van der Waals surface area contributed by atoms with E-state index in [9.17, 15) is 19.1 Å². The summed E-state index contributed by atoms with van der Waals surface area (Å²) in [5.41, 5.74) is 1.42. The van der Waals surface area contributed by atoms with Gasteiger partial charge in [0.15, 0.2) is 0 Å². The second-order valence-corrected chi connectivity index (χ2v) is 9.82. The van der Waals surface area contributed by atoms with Crippen molar-refractivity contribution in [1.29, 1.82) is 0 Å². The molecular weight excluding hydrogens is 465 g/mol. The molecule has 3 atom stereocenters. The highest BCUT2D eigenvalue weighted by Gasteiger charge is 2.35. The first kappa shape index (κ1) is 26.0. The van der Waals surface area contributed by atoms with Gasteiger partial charge in [-0.15, -0.1) is 0 Å². The molecule has 2 aliphatic rings. The third-order valence-corrected chi connectivity index (χ3v) is 7.08. The summed E-state index contributed by atoms with van der Waals surface area (Å²) in [6, 6.07) is 7.31. The van der Waals surface area contributed by atoms with Gasteiger partial charge >= 0.3 is 0 Å². The first-order valence-electron chi connectivity index (χ1n) is 12.5. The van der Waals surface area contributed by atoms with Gasteiger partial charge in [0.05, 0.1) is 19.2 Å². The maximum atomic E-state index is 13.8. The molecule has 8 nitrogen and oxygen atoms in total. The van der Waals surface area contributed by atoms with Gasteiger partial charge < -0.3 is 24.4 Å². The van der Waals surface area contributed by atoms with E-state index in [-0.39, 0.29) is 47.5 Å². The second-order valence-electron chi connectivity index (χ2n) is 9.82. The van der Waals surface area contributed by atoms with Gasteiger partial charge in [0.2, 0.25) is 11.8 Å². The highest BCUT2D eigenvalue weighted by Crippen LogP contribution is 2.31. The molecule has 0 bridgehead atoms. The molecule has 2 aromatic rings. The lowest BCUT2D eigenvalue weighted by Gasteiger charge is -2.38. The lowest BCUT2D eigenvalue weighted by Crippen LogP contribution is -2.51. The van der Waals surface area contributed by atoms with Crippen LogP contribution >= 0.6 is 0 Å². The summed E-state index contributed by atoms with van der Waals surface area (Å²) in [5.74, 6) is -0.677. The standard InChI is InChI=1S/C27H34FN3O5/c1-17-14-31(18(2)16-32)27(34)23-12-21(20-5-4-6-22(28)11-20)13-29-25(23)36-24(17)15-30(3)26(33)19-7-9-35-10-8-19/h4-6,11-13,17-19,24,32H,7-10,14-16H2,1-3H3/t17-,18+,24-/m0/s1. The van der Waals surface area contributed by atoms with E-state index in [0.29, 0.717) is 50.3 Å². The maximum absolute atomic E-state index is 13.8. The molecule has 2 amide bonds. The lowest BCUT2D eigenvalue weighted by atomic mass is 9.97. The fourth-order valence-corrected chi connectivity index (χ4v) is 4.76. The average molecular weight is 500 g/mol. The molecule has 1 aromatic carbocycles. The largest absolute Gasteiger partial charge is 0.472 e. The summed E-state index contributed by atoms with van der Waals surface area (Å²) in [6.45, 7) is 5.40. The van der Waals surface area contributed by atoms with Gasteiger partial charge in [-0.1, -0.05) is 19.1 Å². The number of nitrogens with zero attached hydrogens (tertiary/aromatic N) is 3. The number of aliphatic hydroxyl groups excluding tert-OH is 1. The zero-order valence-electron chi connectivity index (χ0n) is 21.0. The molecule has 1 saturated heterocycles. The number of rotatable bonds is 6. The van der Waals surface area contributed by atoms with Gasteiger partial charge in [0, 0.05) is 50.4 Å². The van der Waals surface area contributed by atoms with Crippen LogP contribution in [0.2, 0.25) is 0 Å². The van der Waals surface area contributed by atoms with Crippen LogP contribution in [0.15, 0.2) is 36.5 Å². The highest BCUT2D eigenvalue weighted by atomic mass is 19.1. The topological polar surface area (TPSA) is 92.2 Å². The van der Waals surface area contributed by atoms with E-state index < -0.39 is 12.1 Å². The Balaban J connectivity index is 1.65. The van der Waals surface area contributed by atoms with E-state index in [1.807, 2.05) is 6.92 Å². The van der Waals surface area contributed by atoms with E-state index >= 15 is 0 Å². The summed E-state index contributed by atoms with van der Waals surface area (Å²) in [6.07, 6.45) is 2.54. The fourth-order valence-electron chi connectivity index (χ4n) is 4.76. The summed E-state index contributed by atoms with van der Waals surface area (Å²) in [4.78, 5) is 34.4. The van der Waals surface area contributed by atoms with Crippen LogP contribution in [0.25, 0.3) is 11.1 Å². The number of likely N-dealkylation sites (N-methyl/N-ethyl adjacent to an activating group) is 1. The number of aromatic nitrogens is 1. The molecule has 0 radical (unpaired) electrons. The molecule has 36 heavy (non-hydrogen) atoms. The van der Waals surface area contributed by atoms with Gasteiger partial charge in [-0.05, 0) is 43.5 Å². The number of halogens is 1. The van der Waals surface area contributed by atoms with Crippen molar-refractivity contribution >= 4 is 11.8 Å². The van der Waals surface area contributed by atoms with Gasteiger partial charge in [0.1, 0.15) is 17.5 Å². The first-order valence-corrected chi connectivity index (χ1v) is 12.5. The molecule has 9 heteroatoms. The van der Waals surface area contributed by atoms with E-state index in [1.165, 1.54) is 12.1 Å². The van der Waals surface area contributed by atoms with Crippen molar-refractivity contribution in [3.05, 3.63) is 47.9 Å². The Bertz CT molecular complexity index is 1090. The number of hydrogen-bond donors (Lipinski definition) is 1. The van der Waals surface area contributed by atoms with Crippen molar-refractivity contribution < 1.29 is 28.6 Å². The van der Waals surface area contributed by atoms with E-state index in [4.69, 9.17) is 9.47 Å². The van der Waals surface area contributed by atoms with E-state index in [2.05, 4.69) is 4.98 Å². The molecule has 194 valence electrons. The lowest BCUT2D eigenvalue weighted by molar-refractivity contribution is -0.138. The van der Waals surface area contributed by atoms with Crippen LogP contribution in [0, 0.1) is 17.7 Å². The van der Waals surface area contributed by atoms with Crippen molar-refractivity contribution in [3.63, 3.8) is 0 Å². The van der Waals surface area contributed by atoms with Gasteiger partial charge in [-0.2, -0.15) is 0 Å². The molecule has 0 aliphatic carbocycles. The summed E-state index contributed by atoms with van der Waals surface area (Å²) in [5, 5.41) is 9.85. The Morgan fingerprint density at radius 3 is 2.72 bits per heavy atom. The van der Waals surface area contributed by atoms with Gasteiger partial charge in [-0.3, -0.25) is 9.59 Å². The van der Waals surface area contributed by atoms with Crippen LogP contribution in [-0.2, 0) is 9.53 Å². The molecule has 3 heterocycles. The Hall–Kier alpha value is -3.04. The first-order chi connectivity index (χ1) is 17.3. The summed E-state index contributed by atoms with van der Waals surface area (Å²) < 4.78 is 25.5. The third kappa shape index (κ3) is 5.68. The molecule has 2 aliphatic heterocycles. The molecule has 1 fully saturated rings. The zero-order valence-corrected chi connectivity index (χ0v) is 21.0. The average Bonchev–Trinajstić information content (AvgIpc) is 2.90. The molecular formula is C27H34FN3O5. The fraction of sp³-hybridized carbons (Fsp3) is 0.519. The Morgan fingerprint density at radius 1 is 1.28 bits per heavy atom. The van der Waals surface area contributed by atoms with Crippen molar-refractivity contribution in [2.45, 2.75) is 38.8 Å². The number of benzene rings is 1. The van der Waals surface area contributed by atoms with Crippen LogP contribution < -0.4 is 4.74 Å². The molecule has 0 unspecified atom stereocenters. The van der Waals surface area contributed by atoms with Crippen molar-refractivity contribution in [2.75, 3.05) is 40.0 Å². The van der Waals surface area contributed by atoms with Gasteiger partial charge in [0.25, 0.3) is 5.91 Å². The van der Waals surface area contributed by atoms with Crippen molar-refractivity contribution in [2.24, 2.45) is 11.8 Å². The van der Waals surface area contributed by atoms with Crippen LogP contribution in [0.3, 0.4) is 0 Å². The minimum atomic E-state index is -0.425. The monoisotopic (exact) mass is 499 g/mol. The SMILES string of the molecule is C[C@H](CO)N1C[C@H](C)[C@H](CN(C)C(=O)C2CCOCC2)Oc2ncc(-c3cccc(F)c3)cc2C1=O. The number of fused-ring (bicyclic) bond motifs is 1. The van der Waals surface area contributed by atoms with E-state index in [0.717, 1.165) is 0 Å². The zero-order chi connectivity index (χ0) is 25.8.